The van der Waals surface area contributed by atoms with Crippen molar-refractivity contribution in [3.05, 3.63) is 76.0 Å². The van der Waals surface area contributed by atoms with Gasteiger partial charge in [-0.2, -0.15) is 0 Å². The fourth-order valence-electron chi connectivity index (χ4n) is 3.84. The number of rotatable bonds is 6. The zero-order valence-electron chi connectivity index (χ0n) is 18.2. The Bertz CT molecular complexity index is 1340. The Morgan fingerprint density at radius 3 is 2.63 bits per heavy atom. The highest BCUT2D eigenvalue weighted by molar-refractivity contribution is 7.13. The minimum absolute atomic E-state index is 0.0972. The number of benzene rings is 2. The fraction of sp³-hybridized carbons (Fsp3) is 0.167. The number of Topliss-reactive ketones (excluding diaryl/α,β-unsaturated/α-hetero) is 1. The van der Waals surface area contributed by atoms with E-state index in [2.05, 4.69) is 10.6 Å². The molecule has 0 radical (unpaired) electrons. The number of carbonyl (C=O) groups is 4. The van der Waals surface area contributed by atoms with Crippen molar-refractivity contribution in [1.29, 1.82) is 0 Å². The van der Waals surface area contributed by atoms with Gasteiger partial charge in [0.25, 0.3) is 5.91 Å². The van der Waals surface area contributed by atoms with E-state index in [0.29, 0.717) is 21.7 Å². The molecule has 35 heavy (non-hydrogen) atoms. The molecule has 11 heteroatoms. The van der Waals surface area contributed by atoms with Crippen molar-refractivity contribution >= 4 is 40.7 Å². The summed E-state index contributed by atoms with van der Waals surface area (Å²) < 4.78 is 27.5. The van der Waals surface area contributed by atoms with Crippen molar-refractivity contribution in [1.82, 2.24) is 10.6 Å². The summed E-state index contributed by atoms with van der Waals surface area (Å²) in [5.74, 6) is -3.94. The lowest BCUT2D eigenvalue weighted by molar-refractivity contribution is -0.137. The van der Waals surface area contributed by atoms with Gasteiger partial charge in [0.15, 0.2) is 6.04 Å². The highest BCUT2D eigenvalue weighted by Gasteiger charge is 2.40. The molecule has 0 saturated carbocycles. The maximum Gasteiger partial charge on any atom is 0.316 e. The molecule has 2 aromatic carbocycles. The summed E-state index contributed by atoms with van der Waals surface area (Å²) >= 11 is 1.14. The summed E-state index contributed by atoms with van der Waals surface area (Å²) in [4.78, 5) is 51.2. The number of hydrogen-bond donors (Lipinski definition) is 3. The number of thiophene rings is 1. The van der Waals surface area contributed by atoms with Crippen LogP contribution in [0.4, 0.5) is 19.3 Å². The summed E-state index contributed by atoms with van der Waals surface area (Å²) in [6.07, 6.45) is -0.524. The molecule has 180 valence electrons. The van der Waals surface area contributed by atoms with Gasteiger partial charge in [-0.1, -0.05) is 18.2 Å². The Labute approximate surface area is 202 Å². The highest BCUT2D eigenvalue weighted by Crippen LogP contribution is 2.32. The number of ketones is 1. The van der Waals surface area contributed by atoms with Gasteiger partial charge in [-0.3, -0.25) is 14.4 Å². The van der Waals surface area contributed by atoms with Crippen molar-refractivity contribution in [3.63, 3.8) is 0 Å². The van der Waals surface area contributed by atoms with Crippen LogP contribution in [0.25, 0.3) is 11.1 Å². The first-order valence-electron chi connectivity index (χ1n) is 10.4. The Hall–Kier alpha value is -4.12. The maximum atomic E-state index is 14.3. The molecule has 0 aliphatic carbocycles. The largest absolute Gasteiger partial charge is 0.481 e. The number of carboxylic acid groups (broad SMARTS) is 1. The molecule has 8 nitrogen and oxygen atoms in total. The summed E-state index contributed by atoms with van der Waals surface area (Å²) in [5, 5.41) is 15.8. The Balaban J connectivity index is 1.56. The second-order valence-electron chi connectivity index (χ2n) is 7.85. The van der Waals surface area contributed by atoms with Crippen LogP contribution in [0.1, 0.15) is 27.7 Å². The third-order valence-electron chi connectivity index (χ3n) is 5.56. The van der Waals surface area contributed by atoms with Crippen LogP contribution in [0.3, 0.4) is 0 Å². The Morgan fingerprint density at radius 2 is 1.91 bits per heavy atom. The van der Waals surface area contributed by atoms with Crippen LogP contribution < -0.4 is 15.5 Å². The summed E-state index contributed by atoms with van der Waals surface area (Å²) in [5.41, 5.74) is 1.24. The zero-order chi connectivity index (χ0) is 25.3. The predicted octanol–water partition coefficient (Wildman–Crippen LogP) is 3.74. The van der Waals surface area contributed by atoms with Gasteiger partial charge < -0.3 is 20.6 Å². The molecule has 3 amide bonds. The van der Waals surface area contributed by atoms with Crippen molar-refractivity contribution in [2.75, 3.05) is 11.9 Å². The number of amides is 3. The van der Waals surface area contributed by atoms with Crippen LogP contribution >= 0.6 is 11.3 Å². The van der Waals surface area contributed by atoms with E-state index in [1.54, 1.807) is 29.6 Å². The summed E-state index contributed by atoms with van der Waals surface area (Å²) in [6, 6.07) is 7.39. The fourth-order valence-corrected chi connectivity index (χ4v) is 4.73. The van der Waals surface area contributed by atoms with E-state index < -0.39 is 53.8 Å². The number of carboxylic acids is 1. The van der Waals surface area contributed by atoms with Gasteiger partial charge in [-0.05, 0) is 40.8 Å². The van der Waals surface area contributed by atoms with Crippen LogP contribution in [0, 0.1) is 11.6 Å². The molecule has 2 unspecified atom stereocenters. The minimum Gasteiger partial charge on any atom is -0.481 e. The van der Waals surface area contributed by atoms with Crippen molar-refractivity contribution in [2.45, 2.75) is 18.5 Å². The first-order valence-corrected chi connectivity index (χ1v) is 11.3. The number of likely N-dealkylation sites (N-methyl/N-ethyl adjacent to an activating group) is 1. The van der Waals surface area contributed by atoms with Gasteiger partial charge in [0, 0.05) is 18.7 Å². The average Bonchev–Trinajstić information content (AvgIpc) is 3.30. The number of nitrogens with zero attached hydrogens (tertiary/aromatic N) is 1. The molecular formula is C24H19F2N3O5S. The number of anilines is 1. The lowest BCUT2D eigenvalue weighted by atomic mass is 9.97. The van der Waals surface area contributed by atoms with Crippen molar-refractivity contribution in [3.8, 4) is 11.1 Å². The van der Waals surface area contributed by atoms with Gasteiger partial charge in [-0.25, -0.2) is 13.6 Å². The molecule has 2 atom stereocenters. The van der Waals surface area contributed by atoms with Gasteiger partial charge in [0.2, 0.25) is 5.78 Å². The van der Waals surface area contributed by atoms with Crippen molar-refractivity contribution < 1.29 is 33.1 Å². The van der Waals surface area contributed by atoms with Crippen LogP contribution in [-0.4, -0.2) is 41.9 Å². The van der Waals surface area contributed by atoms with Crippen LogP contribution in [-0.2, 0) is 9.59 Å². The molecule has 4 rings (SSSR count). The molecule has 0 fully saturated rings. The van der Waals surface area contributed by atoms with E-state index in [9.17, 15) is 33.1 Å². The van der Waals surface area contributed by atoms with E-state index >= 15 is 0 Å². The quantitative estimate of drug-likeness (QED) is 0.447. The maximum absolute atomic E-state index is 14.3. The third kappa shape index (κ3) is 4.90. The van der Waals surface area contributed by atoms with E-state index in [1.165, 1.54) is 24.1 Å². The monoisotopic (exact) mass is 499 g/mol. The van der Waals surface area contributed by atoms with Gasteiger partial charge >= 0.3 is 12.0 Å². The van der Waals surface area contributed by atoms with E-state index in [-0.39, 0.29) is 5.56 Å². The molecule has 2 heterocycles. The van der Waals surface area contributed by atoms with E-state index in [1.807, 2.05) is 0 Å². The second-order valence-corrected chi connectivity index (χ2v) is 8.76. The van der Waals surface area contributed by atoms with Crippen molar-refractivity contribution in [2.24, 2.45) is 0 Å². The van der Waals surface area contributed by atoms with Crippen LogP contribution in [0.5, 0.6) is 0 Å². The molecule has 3 N–H and O–H groups in total. The average molecular weight is 499 g/mol. The first-order chi connectivity index (χ1) is 16.7. The lowest BCUT2D eigenvalue weighted by Gasteiger charge is -2.29. The lowest BCUT2D eigenvalue weighted by Crippen LogP contribution is -2.57. The van der Waals surface area contributed by atoms with Crippen LogP contribution in [0.15, 0.2) is 53.9 Å². The number of hydrogen-bond acceptors (Lipinski definition) is 5. The van der Waals surface area contributed by atoms with Gasteiger partial charge in [0.05, 0.1) is 23.0 Å². The predicted molar refractivity (Wildman–Crippen MR) is 124 cm³/mol. The molecule has 3 aromatic rings. The smallest absolute Gasteiger partial charge is 0.316 e. The number of carbonyl (C=O) groups excluding carboxylic acids is 3. The topological polar surface area (TPSA) is 116 Å². The molecule has 1 aromatic heterocycles. The second kappa shape index (κ2) is 9.63. The normalized spacial score (nSPS) is 16.0. The number of urea groups is 1. The SMILES string of the molecule is CN1C(=O)C(NC(=O)NC(CC(=O)O)c2cccc(-c3ccc(F)cc3F)c2)C(=O)c2sccc21. The molecule has 0 spiro atoms. The number of aliphatic carboxylic acids is 1. The molecule has 0 bridgehead atoms. The van der Waals surface area contributed by atoms with E-state index in [4.69, 9.17) is 0 Å². The number of nitrogens with one attached hydrogen (secondary N) is 2. The summed E-state index contributed by atoms with van der Waals surface area (Å²) in [7, 11) is 1.49. The van der Waals surface area contributed by atoms with E-state index in [0.717, 1.165) is 23.5 Å². The van der Waals surface area contributed by atoms with Gasteiger partial charge in [-0.15, -0.1) is 11.3 Å². The number of fused-ring (bicyclic) bond motifs is 1. The van der Waals surface area contributed by atoms with Gasteiger partial charge in [0.1, 0.15) is 11.6 Å². The standard InChI is InChI=1S/C24H19F2N3O5S/c1-29-18-7-8-35-22(18)21(32)20(23(29)33)28-24(34)27-17(11-19(30)31)13-4-2-3-12(9-13)15-6-5-14(25)10-16(15)26/h2-10,17,20H,11H2,1H3,(H,30,31)(H2,27,28,34). The Kier molecular flexibility index (Phi) is 6.61. The minimum atomic E-state index is -1.46. The number of halogens is 2. The Morgan fingerprint density at radius 1 is 1.14 bits per heavy atom. The first kappa shape index (κ1) is 24.0. The molecule has 0 saturated heterocycles. The highest BCUT2D eigenvalue weighted by atomic mass is 32.1. The molecular weight excluding hydrogens is 480 g/mol. The summed E-state index contributed by atoms with van der Waals surface area (Å²) in [6.45, 7) is 0. The van der Waals surface area contributed by atoms with Crippen LogP contribution in [0.2, 0.25) is 0 Å². The molecule has 1 aliphatic heterocycles. The third-order valence-corrected chi connectivity index (χ3v) is 6.48. The molecule has 1 aliphatic rings. The zero-order valence-corrected chi connectivity index (χ0v) is 19.1.